The van der Waals surface area contributed by atoms with Gasteiger partial charge in [0.05, 0.1) is 6.10 Å². The van der Waals surface area contributed by atoms with Crippen LogP contribution in [0.25, 0.3) is 0 Å². The van der Waals surface area contributed by atoms with Crippen molar-refractivity contribution in [3.63, 3.8) is 0 Å². The van der Waals surface area contributed by atoms with Gasteiger partial charge in [0.2, 0.25) is 0 Å². The van der Waals surface area contributed by atoms with Crippen LogP contribution in [0, 0.1) is 6.92 Å². The van der Waals surface area contributed by atoms with E-state index in [2.05, 4.69) is 27.4 Å². The molecular formula is C13H13BrOS. The van der Waals surface area contributed by atoms with E-state index >= 15 is 0 Å². The second-order valence-corrected chi connectivity index (χ2v) is 5.49. The molecule has 0 aliphatic rings. The van der Waals surface area contributed by atoms with Gasteiger partial charge >= 0.3 is 0 Å². The fourth-order valence-corrected chi connectivity index (χ4v) is 2.55. The lowest BCUT2D eigenvalue weighted by Crippen LogP contribution is -2.01. The Morgan fingerprint density at radius 1 is 1.38 bits per heavy atom. The number of rotatable bonds is 3. The van der Waals surface area contributed by atoms with Crippen LogP contribution in [0.15, 0.2) is 39.5 Å². The predicted octanol–water partition coefficient (Wildman–Crippen LogP) is 4.10. The summed E-state index contributed by atoms with van der Waals surface area (Å²) in [4.78, 5) is 0. The van der Waals surface area contributed by atoms with Gasteiger partial charge in [-0.25, -0.2) is 0 Å². The monoisotopic (exact) mass is 296 g/mol. The van der Waals surface area contributed by atoms with Crippen LogP contribution in [0.2, 0.25) is 0 Å². The Hall–Kier alpha value is -0.640. The Balaban J connectivity index is 2.14. The van der Waals surface area contributed by atoms with Crippen molar-refractivity contribution in [2.24, 2.45) is 0 Å². The van der Waals surface area contributed by atoms with Crippen molar-refractivity contribution in [3.8, 4) is 0 Å². The second-order valence-electron chi connectivity index (χ2n) is 3.86. The van der Waals surface area contributed by atoms with Crippen molar-refractivity contribution >= 4 is 27.3 Å². The highest BCUT2D eigenvalue weighted by Gasteiger charge is 2.09. The molecule has 0 spiro atoms. The Labute approximate surface area is 108 Å². The zero-order valence-corrected chi connectivity index (χ0v) is 11.4. The number of aliphatic hydroxyl groups excluding tert-OH is 1. The van der Waals surface area contributed by atoms with E-state index in [1.807, 2.05) is 30.5 Å². The van der Waals surface area contributed by atoms with E-state index < -0.39 is 6.10 Å². The third-order valence-electron chi connectivity index (χ3n) is 2.58. The van der Waals surface area contributed by atoms with Gasteiger partial charge in [-0.05, 0) is 46.5 Å². The maximum atomic E-state index is 10.1. The topological polar surface area (TPSA) is 20.2 Å². The van der Waals surface area contributed by atoms with Crippen molar-refractivity contribution in [3.05, 3.63) is 56.2 Å². The van der Waals surface area contributed by atoms with Gasteiger partial charge in [0.25, 0.3) is 0 Å². The molecule has 1 aromatic heterocycles. The Morgan fingerprint density at radius 3 is 2.81 bits per heavy atom. The molecule has 0 fully saturated rings. The van der Waals surface area contributed by atoms with E-state index in [1.165, 1.54) is 5.56 Å². The second kappa shape index (κ2) is 5.13. The van der Waals surface area contributed by atoms with Gasteiger partial charge < -0.3 is 5.11 Å². The van der Waals surface area contributed by atoms with Gasteiger partial charge in [0.15, 0.2) is 0 Å². The molecule has 1 aromatic carbocycles. The first-order valence-corrected chi connectivity index (χ1v) is 6.85. The largest absolute Gasteiger partial charge is 0.388 e. The minimum atomic E-state index is -0.415. The third-order valence-corrected chi connectivity index (χ3v) is 4.20. The summed E-state index contributed by atoms with van der Waals surface area (Å²) in [6.07, 6.45) is 0.270. The number of aryl methyl sites for hydroxylation is 1. The van der Waals surface area contributed by atoms with Crippen LogP contribution < -0.4 is 0 Å². The first kappa shape index (κ1) is 11.8. The van der Waals surface area contributed by atoms with Crippen molar-refractivity contribution in [1.82, 2.24) is 0 Å². The van der Waals surface area contributed by atoms with Gasteiger partial charge in [-0.1, -0.05) is 28.1 Å². The van der Waals surface area contributed by atoms with Crippen molar-refractivity contribution in [2.75, 3.05) is 0 Å². The van der Waals surface area contributed by atoms with Crippen LogP contribution in [0.5, 0.6) is 0 Å². The number of hydrogen-bond donors (Lipinski definition) is 1. The maximum absolute atomic E-state index is 10.1. The molecule has 0 amide bonds. The number of aliphatic hydroxyl groups is 1. The Kier molecular flexibility index (Phi) is 3.79. The normalized spacial score (nSPS) is 12.7. The maximum Gasteiger partial charge on any atom is 0.0830 e. The third kappa shape index (κ3) is 2.73. The van der Waals surface area contributed by atoms with Crippen LogP contribution in [0.1, 0.15) is 22.8 Å². The number of benzene rings is 1. The van der Waals surface area contributed by atoms with Crippen LogP contribution in [0.3, 0.4) is 0 Å². The van der Waals surface area contributed by atoms with E-state index in [0.29, 0.717) is 6.42 Å². The highest BCUT2D eigenvalue weighted by Crippen LogP contribution is 2.24. The quantitative estimate of drug-likeness (QED) is 0.904. The lowest BCUT2D eigenvalue weighted by molar-refractivity contribution is 0.178. The fourth-order valence-electron chi connectivity index (χ4n) is 1.63. The van der Waals surface area contributed by atoms with Crippen LogP contribution in [-0.2, 0) is 6.42 Å². The molecule has 0 bridgehead atoms. The lowest BCUT2D eigenvalue weighted by atomic mass is 10.0. The van der Waals surface area contributed by atoms with Gasteiger partial charge in [-0.2, -0.15) is 11.3 Å². The summed E-state index contributed by atoms with van der Waals surface area (Å²) in [6, 6.07) is 8.04. The van der Waals surface area contributed by atoms with Crippen LogP contribution >= 0.6 is 27.3 Å². The van der Waals surface area contributed by atoms with E-state index in [-0.39, 0.29) is 0 Å². The summed E-state index contributed by atoms with van der Waals surface area (Å²) >= 11 is 5.12. The lowest BCUT2D eigenvalue weighted by Gasteiger charge is -2.11. The fraction of sp³-hybridized carbons (Fsp3) is 0.231. The highest BCUT2D eigenvalue weighted by molar-refractivity contribution is 9.10. The molecule has 1 atom stereocenters. The molecule has 0 aliphatic heterocycles. The zero-order valence-electron chi connectivity index (χ0n) is 8.98. The average molecular weight is 297 g/mol. The molecule has 0 saturated carbocycles. The number of halogens is 1. The van der Waals surface area contributed by atoms with Crippen LogP contribution in [0.4, 0.5) is 0 Å². The highest BCUT2D eigenvalue weighted by atomic mass is 79.9. The summed E-state index contributed by atoms with van der Waals surface area (Å²) in [7, 11) is 0. The van der Waals surface area contributed by atoms with Gasteiger partial charge in [0.1, 0.15) is 0 Å². The molecule has 3 heteroatoms. The number of thiophene rings is 1. The van der Waals surface area contributed by atoms with Crippen molar-refractivity contribution < 1.29 is 5.11 Å². The zero-order chi connectivity index (χ0) is 11.5. The molecule has 1 unspecified atom stereocenters. The van der Waals surface area contributed by atoms with Gasteiger partial charge in [0, 0.05) is 10.9 Å². The molecule has 2 aromatic rings. The first-order chi connectivity index (χ1) is 7.66. The summed E-state index contributed by atoms with van der Waals surface area (Å²) < 4.78 is 1.08. The molecule has 1 N–H and O–H groups in total. The Morgan fingerprint density at radius 2 is 2.19 bits per heavy atom. The number of hydrogen-bond acceptors (Lipinski definition) is 2. The molecule has 0 radical (unpaired) electrons. The van der Waals surface area contributed by atoms with E-state index in [1.54, 1.807) is 11.3 Å². The van der Waals surface area contributed by atoms with Crippen molar-refractivity contribution in [2.45, 2.75) is 19.4 Å². The summed E-state index contributed by atoms with van der Waals surface area (Å²) in [5.41, 5.74) is 3.33. The van der Waals surface area contributed by atoms with E-state index in [4.69, 9.17) is 0 Å². The van der Waals surface area contributed by atoms with Gasteiger partial charge in [-0.3, -0.25) is 0 Å². The Bertz CT molecular complexity index is 465. The average Bonchev–Trinajstić information content (AvgIpc) is 2.74. The predicted molar refractivity (Wildman–Crippen MR) is 71.9 cm³/mol. The summed E-state index contributed by atoms with van der Waals surface area (Å²) in [5.74, 6) is 0. The van der Waals surface area contributed by atoms with E-state index in [0.717, 1.165) is 15.6 Å². The molecule has 0 aliphatic carbocycles. The minimum Gasteiger partial charge on any atom is -0.388 e. The molecule has 2 rings (SSSR count). The van der Waals surface area contributed by atoms with Crippen molar-refractivity contribution in [1.29, 1.82) is 0 Å². The summed E-state index contributed by atoms with van der Waals surface area (Å²) in [6.45, 7) is 2.03. The summed E-state index contributed by atoms with van der Waals surface area (Å²) in [5, 5.41) is 14.2. The molecular weight excluding hydrogens is 284 g/mol. The first-order valence-electron chi connectivity index (χ1n) is 5.12. The molecule has 1 nitrogen and oxygen atoms in total. The molecule has 1 heterocycles. The van der Waals surface area contributed by atoms with Crippen LogP contribution in [-0.4, -0.2) is 5.11 Å². The van der Waals surface area contributed by atoms with Gasteiger partial charge in [-0.15, -0.1) is 0 Å². The molecule has 16 heavy (non-hydrogen) atoms. The van der Waals surface area contributed by atoms with E-state index in [9.17, 15) is 5.11 Å². The minimum absolute atomic E-state index is 0.415. The standard InChI is InChI=1S/C13H13BrOS/c1-9-6-11(2-3-12(9)14)13(15)7-10-4-5-16-8-10/h2-6,8,13,15H,7H2,1H3. The smallest absolute Gasteiger partial charge is 0.0830 e. The molecule has 0 saturated heterocycles. The molecule has 84 valence electrons. The SMILES string of the molecule is Cc1cc(C(O)Cc2ccsc2)ccc1Br.